The van der Waals surface area contributed by atoms with Crippen molar-refractivity contribution >= 4 is 27.8 Å². The van der Waals surface area contributed by atoms with Crippen molar-refractivity contribution in [3.8, 4) is 0 Å². The summed E-state index contributed by atoms with van der Waals surface area (Å²) in [5, 5.41) is 0. The van der Waals surface area contributed by atoms with Crippen molar-refractivity contribution in [1.82, 2.24) is 4.90 Å². The number of hydrogen-bond donors (Lipinski definition) is 0. The molecular formula is C14H16BrNO3. The maximum absolute atomic E-state index is 12.3. The van der Waals surface area contributed by atoms with Crippen molar-refractivity contribution in [2.75, 3.05) is 20.2 Å². The smallest absolute Gasteiger partial charge is 0.307 e. The van der Waals surface area contributed by atoms with E-state index in [1.807, 2.05) is 6.07 Å². The number of rotatable bonds is 6. The molecule has 0 N–H and O–H groups in total. The Morgan fingerprint density at radius 1 is 1.47 bits per heavy atom. The summed E-state index contributed by atoms with van der Waals surface area (Å²) < 4.78 is 5.41. The summed E-state index contributed by atoms with van der Waals surface area (Å²) in [6.07, 6.45) is 1.80. The molecule has 0 aromatic heterocycles. The van der Waals surface area contributed by atoms with Crippen LogP contribution in [0.2, 0.25) is 0 Å². The maximum atomic E-state index is 12.3. The Morgan fingerprint density at radius 2 is 2.21 bits per heavy atom. The number of nitrogens with zero attached hydrogens (tertiary/aromatic N) is 1. The van der Waals surface area contributed by atoms with Crippen LogP contribution in [0.15, 0.2) is 41.4 Å². The van der Waals surface area contributed by atoms with Gasteiger partial charge in [-0.25, -0.2) is 0 Å². The van der Waals surface area contributed by atoms with Crippen LogP contribution in [0.5, 0.6) is 0 Å². The molecule has 0 fully saturated rings. The molecule has 102 valence electrons. The van der Waals surface area contributed by atoms with Crippen LogP contribution in [-0.2, 0) is 9.53 Å². The first-order valence-electron chi connectivity index (χ1n) is 5.81. The molecule has 4 nitrogen and oxygen atoms in total. The number of hydrogen-bond acceptors (Lipinski definition) is 3. The third-order valence-corrected chi connectivity index (χ3v) is 3.02. The van der Waals surface area contributed by atoms with Gasteiger partial charge in [0.2, 0.25) is 0 Å². The number of carbonyl (C=O) groups is 2. The average Bonchev–Trinajstić information content (AvgIpc) is 2.42. The van der Waals surface area contributed by atoms with Crippen molar-refractivity contribution in [3.05, 3.63) is 47.0 Å². The lowest BCUT2D eigenvalue weighted by molar-refractivity contribution is -0.140. The Morgan fingerprint density at radius 3 is 2.79 bits per heavy atom. The van der Waals surface area contributed by atoms with Crippen molar-refractivity contribution in [2.45, 2.75) is 6.42 Å². The quantitative estimate of drug-likeness (QED) is 0.596. The van der Waals surface area contributed by atoms with Gasteiger partial charge in [0, 0.05) is 23.1 Å². The highest BCUT2D eigenvalue weighted by Crippen LogP contribution is 2.13. The fraction of sp³-hybridized carbons (Fsp3) is 0.286. The highest BCUT2D eigenvalue weighted by atomic mass is 79.9. The predicted octanol–water partition coefficient (Wildman–Crippen LogP) is 2.64. The molecule has 1 rings (SSSR count). The largest absolute Gasteiger partial charge is 0.469 e. The normalized spacial score (nSPS) is 9.79. The Hall–Kier alpha value is -1.62. The first-order valence-corrected chi connectivity index (χ1v) is 6.60. The van der Waals surface area contributed by atoms with Crippen LogP contribution in [0.3, 0.4) is 0 Å². The van der Waals surface area contributed by atoms with E-state index in [1.54, 1.807) is 29.2 Å². The second-order valence-corrected chi connectivity index (χ2v) is 4.79. The monoisotopic (exact) mass is 325 g/mol. The van der Waals surface area contributed by atoms with Crippen molar-refractivity contribution in [1.29, 1.82) is 0 Å². The minimum atomic E-state index is -0.337. The first kappa shape index (κ1) is 15.4. The molecule has 0 saturated heterocycles. The van der Waals surface area contributed by atoms with E-state index in [1.165, 1.54) is 7.11 Å². The first-order chi connectivity index (χ1) is 9.08. The van der Waals surface area contributed by atoms with Gasteiger partial charge in [-0.2, -0.15) is 0 Å². The van der Waals surface area contributed by atoms with Gasteiger partial charge in [-0.3, -0.25) is 9.59 Å². The second-order valence-electron chi connectivity index (χ2n) is 3.88. The molecule has 19 heavy (non-hydrogen) atoms. The van der Waals surface area contributed by atoms with Gasteiger partial charge < -0.3 is 9.64 Å². The zero-order valence-electron chi connectivity index (χ0n) is 10.8. The molecule has 0 aliphatic heterocycles. The van der Waals surface area contributed by atoms with Crippen LogP contribution < -0.4 is 0 Å². The van der Waals surface area contributed by atoms with Crippen molar-refractivity contribution in [3.63, 3.8) is 0 Å². The zero-order chi connectivity index (χ0) is 14.3. The van der Waals surface area contributed by atoms with E-state index in [0.717, 1.165) is 4.47 Å². The fourth-order valence-corrected chi connectivity index (χ4v) is 1.96. The number of carbonyl (C=O) groups excluding carboxylic acids is 2. The van der Waals surface area contributed by atoms with E-state index in [0.29, 0.717) is 18.7 Å². The number of methoxy groups -OCH3 is 1. The number of amides is 1. The third-order valence-electron chi connectivity index (χ3n) is 2.52. The fourth-order valence-electron chi connectivity index (χ4n) is 1.56. The summed E-state index contributed by atoms with van der Waals surface area (Å²) in [7, 11) is 1.33. The summed E-state index contributed by atoms with van der Waals surface area (Å²) >= 11 is 3.33. The number of benzene rings is 1. The summed E-state index contributed by atoms with van der Waals surface area (Å²) in [6.45, 7) is 4.32. The van der Waals surface area contributed by atoms with E-state index >= 15 is 0 Å². The summed E-state index contributed by atoms with van der Waals surface area (Å²) in [5.74, 6) is -0.471. The van der Waals surface area contributed by atoms with Crippen LogP contribution >= 0.6 is 15.9 Å². The topological polar surface area (TPSA) is 46.6 Å². The standard InChI is InChI=1S/C14H16BrNO3/c1-3-8-16(9-7-13(17)19-2)14(18)11-5-4-6-12(15)10-11/h3-6,10H,1,7-9H2,2H3. The van der Waals surface area contributed by atoms with Crippen LogP contribution in [0, 0.1) is 0 Å². The highest BCUT2D eigenvalue weighted by molar-refractivity contribution is 9.10. The van der Waals surface area contributed by atoms with Gasteiger partial charge in [-0.05, 0) is 18.2 Å². The SMILES string of the molecule is C=CCN(CCC(=O)OC)C(=O)c1cccc(Br)c1. The van der Waals surface area contributed by atoms with Gasteiger partial charge in [0.05, 0.1) is 13.5 Å². The maximum Gasteiger partial charge on any atom is 0.307 e. The van der Waals surface area contributed by atoms with Crippen LogP contribution in [0.25, 0.3) is 0 Å². The van der Waals surface area contributed by atoms with Gasteiger partial charge in [-0.1, -0.05) is 28.1 Å². The molecule has 1 amide bonds. The molecule has 0 saturated carbocycles. The Kier molecular flexibility index (Phi) is 6.29. The van der Waals surface area contributed by atoms with Crippen LogP contribution in [0.4, 0.5) is 0 Å². The molecule has 0 bridgehead atoms. The molecule has 0 unspecified atom stereocenters. The number of esters is 1. The zero-order valence-corrected chi connectivity index (χ0v) is 12.4. The number of ether oxygens (including phenoxy) is 1. The van der Waals surface area contributed by atoms with Gasteiger partial charge in [0.25, 0.3) is 5.91 Å². The van der Waals surface area contributed by atoms with Gasteiger partial charge in [0.1, 0.15) is 0 Å². The van der Waals surface area contributed by atoms with Crippen LogP contribution in [0.1, 0.15) is 16.8 Å². The Balaban J connectivity index is 2.77. The molecule has 0 radical (unpaired) electrons. The van der Waals surface area contributed by atoms with E-state index in [2.05, 4.69) is 27.2 Å². The van der Waals surface area contributed by atoms with E-state index in [-0.39, 0.29) is 18.3 Å². The lowest BCUT2D eigenvalue weighted by atomic mass is 10.2. The van der Waals surface area contributed by atoms with E-state index in [9.17, 15) is 9.59 Å². The molecule has 0 aliphatic rings. The predicted molar refractivity (Wildman–Crippen MR) is 76.9 cm³/mol. The molecule has 0 heterocycles. The Bertz CT molecular complexity index is 474. The molecule has 5 heteroatoms. The molecular weight excluding hydrogens is 310 g/mol. The second kappa shape index (κ2) is 7.74. The minimum Gasteiger partial charge on any atom is -0.469 e. The molecule has 1 aromatic carbocycles. The van der Waals surface area contributed by atoms with Crippen LogP contribution in [-0.4, -0.2) is 37.0 Å². The highest BCUT2D eigenvalue weighted by Gasteiger charge is 2.16. The number of halogens is 1. The van der Waals surface area contributed by atoms with Gasteiger partial charge in [0.15, 0.2) is 0 Å². The summed E-state index contributed by atoms with van der Waals surface area (Å²) in [6, 6.07) is 7.13. The van der Waals surface area contributed by atoms with E-state index in [4.69, 9.17) is 0 Å². The molecule has 0 spiro atoms. The van der Waals surface area contributed by atoms with Crippen molar-refractivity contribution < 1.29 is 14.3 Å². The lowest BCUT2D eigenvalue weighted by Gasteiger charge is -2.20. The lowest BCUT2D eigenvalue weighted by Crippen LogP contribution is -2.33. The van der Waals surface area contributed by atoms with Gasteiger partial charge >= 0.3 is 5.97 Å². The molecule has 0 atom stereocenters. The third kappa shape index (κ3) is 4.87. The Labute approximate surface area is 121 Å². The molecule has 1 aromatic rings. The van der Waals surface area contributed by atoms with E-state index < -0.39 is 0 Å². The summed E-state index contributed by atoms with van der Waals surface area (Å²) in [4.78, 5) is 25.0. The van der Waals surface area contributed by atoms with Crippen molar-refractivity contribution in [2.24, 2.45) is 0 Å². The molecule has 0 aliphatic carbocycles. The average molecular weight is 326 g/mol. The van der Waals surface area contributed by atoms with Gasteiger partial charge in [-0.15, -0.1) is 6.58 Å². The summed E-state index contributed by atoms with van der Waals surface area (Å²) in [5.41, 5.74) is 0.570. The minimum absolute atomic E-state index is 0.134.